The summed E-state index contributed by atoms with van der Waals surface area (Å²) in [5, 5.41) is 0. The number of hydrogen-bond acceptors (Lipinski definition) is 3. The van der Waals surface area contributed by atoms with Crippen LogP contribution in [0.2, 0.25) is 0 Å². The van der Waals surface area contributed by atoms with Gasteiger partial charge in [0.1, 0.15) is 0 Å². The normalized spacial score (nSPS) is 17.0. The van der Waals surface area contributed by atoms with E-state index in [2.05, 4.69) is 51.3 Å². The van der Waals surface area contributed by atoms with Gasteiger partial charge in [0, 0.05) is 32.4 Å². The Morgan fingerprint density at radius 3 is 2.80 bits per heavy atom. The monoisotopic (exact) mass is 265 g/mol. The molecule has 0 fully saturated rings. The molecule has 0 radical (unpaired) electrons. The zero-order chi connectivity index (χ0) is 13.4. The Hall–Kier alpha value is -2.03. The van der Waals surface area contributed by atoms with E-state index >= 15 is 0 Å². The highest BCUT2D eigenvalue weighted by Gasteiger charge is 2.27. The van der Waals surface area contributed by atoms with Crippen molar-refractivity contribution in [3.05, 3.63) is 53.9 Å². The van der Waals surface area contributed by atoms with Crippen LogP contribution >= 0.6 is 0 Å². The Morgan fingerprint density at radius 1 is 1.00 bits per heavy atom. The molecule has 0 unspecified atom stereocenters. The number of rotatable bonds is 2. The van der Waals surface area contributed by atoms with Crippen molar-refractivity contribution in [3.8, 4) is 0 Å². The molecular weight excluding hydrogens is 246 g/mol. The molecule has 3 heteroatoms. The first-order chi connectivity index (χ1) is 9.92. The molecule has 2 aromatic rings. The number of anilines is 2. The zero-order valence-corrected chi connectivity index (χ0v) is 11.6. The quantitative estimate of drug-likeness (QED) is 0.832. The molecule has 102 valence electrons. The second-order valence-corrected chi connectivity index (χ2v) is 5.66. The Balaban J connectivity index is 1.70. The fourth-order valence-corrected chi connectivity index (χ4v) is 3.39. The molecule has 2 aliphatic rings. The van der Waals surface area contributed by atoms with Gasteiger partial charge in [-0.1, -0.05) is 30.3 Å². The van der Waals surface area contributed by atoms with Crippen LogP contribution < -0.4 is 9.80 Å². The molecule has 0 saturated heterocycles. The lowest BCUT2D eigenvalue weighted by molar-refractivity contribution is 0.640. The fourth-order valence-electron chi connectivity index (χ4n) is 3.39. The Labute approximate surface area is 119 Å². The summed E-state index contributed by atoms with van der Waals surface area (Å²) in [4.78, 5) is 9.47. The number of hydrogen-bond donors (Lipinski definition) is 0. The van der Waals surface area contributed by atoms with Gasteiger partial charge in [-0.15, -0.1) is 0 Å². The minimum absolute atomic E-state index is 0.979. The summed E-state index contributed by atoms with van der Waals surface area (Å²) in [6, 6.07) is 10.7. The highest BCUT2D eigenvalue weighted by molar-refractivity contribution is 5.76. The average Bonchev–Trinajstić information content (AvgIpc) is 2.51. The molecular formula is C17H19N3. The van der Waals surface area contributed by atoms with Crippen molar-refractivity contribution in [2.24, 2.45) is 0 Å². The minimum atomic E-state index is 0.979. The van der Waals surface area contributed by atoms with E-state index in [1.165, 1.54) is 41.9 Å². The second kappa shape index (κ2) is 4.82. The predicted molar refractivity (Wildman–Crippen MR) is 82.3 cm³/mol. The van der Waals surface area contributed by atoms with E-state index in [1.54, 1.807) is 0 Å². The van der Waals surface area contributed by atoms with Gasteiger partial charge in [-0.25, -0.2) is 0 Å². The van der Waals surface area contributed by atoms with Crippen LogP contribution in [0.15, 0.2) is 42.7 Å². The third-order valence-corrected chi connectivity index (χ3v) is 4.36. The SMILES string of the molecule is c1ccc(CN2CCN3CCCc4cncc2c43)cc1. The highest BCUT2D eigenvalue weighted by Crippen LogP contribution is 2.39. The van der Waals surface area contributed by atoms with Crippen molar-refractivity contribution in [3.63, 3.8) is 0 Å². The number of aromatic nitrogens is 1. The number of pyridine rings is 1. The lowest BCUT2D eigenvalue weighted by Crippen LogP contribution is -2.43. The van der Waals surface area contributed by atoms with Gasteiger partial charge < -0.3 is 9.80 Å². The maximum atomic E-state index is 4.46. The van der Waals surface area contributed by atoms with Crippen LogP contribution in [0.25, 0.3) is 0 Å². The smallest absolute Gasteiger partial charge is 0.0796 e. The Kier molecular flexibility index (Phi) is 2.84. The predicted octanol–water partition coefficient (Wildman–Crippen LogP) is 2.85. The molecule has 0 spiro atoms. The van der Waals surface area contributed by atoms with Crippen molar-refractivity contribution in [2.75, 3.05) is 29.4 Å². The molecule has 2 aliphatic heterocycles. The van der Waals surface area contributed by atoms with Crippen LogP contribution in [0.3, 0.4) is 0 Å². The molecule has 0 atom stereocenters. The Morgan fingerprint density at radius 2 is 1.90 bits per heavy atom. The largest absolute Gasteiger partial charge is 0.368 e. The summed E-state index contributed by atoms with van der Waals surface area (Å²) in [5.41, 5.74) is 5.55. The minimum Gasteiger partial charge on any atom is -0.368 e. The van der Waals surface area contributed by atoms with Crippen molar-refractivity contribution in [2.45, 2.75) is 19.4 Å². The third kappa shape index (κ3) is 1.94. The van der Waals surface area contributed by atoms with Crippen LogP contribution in [-0.4, -0.2) is 24.6 Å². The van der Waals surface area contributed by atoms with E-state index in [4.69, 9.17) is 0 Å². The molecule has 0 bridgehead atoms. The van der Waals surface area contributed by atoms with E-state index < -0.39 is 0 Å². The van der Waals surface area contributed by atoms with Crippen molar-refractivity contribution in [1.82, 2.24) is 4.98 Å². The molecule has 0 saturated carbocycles. The van der Waals surface area contributed by atoms with Gasteiger partial charge in [-0.3, -0.25) is 4.98 Å². The number of nitrogens with zero attached hydrogens (tertiary/aromatic N) is 3. The molecule has 1 aromatic heterocycles. The van der Waals surface area contributed by atoms with E-state index in [1.807, 2.05) is 6.20 Å². The summed E-state index contributed by atoms with van der Waals surface area (Å²) >= 11 is 0. The second-order valence-electron chi connectivity index (χ2n) is 5.66. The first kappa shape index (κ1) is 11.8. The van der Waals surface area contributed by atoms with Crippen molar-refractivity contribution < 1.29 is 0 Å². The van der Waals surface area contributed by atoms with Crippen molar-refractivity contribution in [1.29, 1.82) is 0 Å². The first-order valence-corrected chi connectivity index (χ1v) is 7.42. The average molecular weight is 265 g/mol. The van der Waals surface area contributed by atoms with Gasteiger partial charge in [-0.2, -0.15) is 0 Å². The summed E-state index contributed by atoms with van der Waals surface area (Å²) in [5.74, 6) is 0. The maximum absolute atomic E-state index is 4.46. The first-order valence-electron chi connectivity index (χ1n) is 7.42. The number of benzene rings is 1. The standard InChI is InChI=1S/C17H19N3/c1-2-5-14(6-3-1)13-20-10-9-19-8-4-7-15-11-18-12-16(20)17(15)19/h1-3,5-6,11-12H,4,7-10,13H2. The van der Waals surface area contributed by atoms with E-state index in [0.717, 1.165) is 19.6 Å². The van der Waals surface area contributed by atoms with Crippen LogP contribution in [0, 0.1) is 0 Å². The number of aryl methyl sites for hydroxylation is 1. The van der Waals surface area contributed by atoms with Crippen LogP contribution in [-0.2, 0) is 13.0 Å². The zero-order valence-electron chi connectivity index (χ0n) is 11.6. The van der Waals surface area contributed by atoms with Gasteiger partial charge in [0.05, 0.1) is 17.6 Å². The van der Waals surface area contributed by atoms with Gasteiger partial charge in [0.25, 0.3) is 0 Å². The van der Waals surface area contributed by atoms with Crippen molar-refractivity contribution >= 4 is 11.4 Å². The van der Waals surface area contributed by atoms with Crippen LogP contribution in [0.5, 0.6) is 0 Å². The van der Waals surface area contributed by atoms with E-state index in [-0.39, 0.29) is 0 Å². The van der Waals surface area contributed by atoms with E-state index in [0.29, 0.717) is 0 Å². The molecule has 20 heavy (non-hydrogen) atoms. The fraction of sp³-hybridized carbons (Fsp3) is 0.353. The summed E-state index contributed by atoms with van der Waals surface area (Å²) < 4.78 is 0. The van der Waals surface area contributed by atoms with Gasteiger partial charge in [-0.05, 0) is 24.0 Å². The third-order valence-electron chi connectivity index (χ3n) is 4.36. The molecule has 0 aliphatic carbocycles. The molecule has 3 nitrogen and oxygen atoms in total. The lowest BCUT2D eigenvalue weighted by atomic mass is 10.0. The maximum Gasteiger partial charge on any atom is 0.0796 e. The molecule has 3 heterocycles. The van der Waals surface area contributed by atoms with Crippen LogP contribution in [0.1, 0.15) is 17.5 Å². The Bertz CT molecular complexity index is 609. The van der Waals surface area contributed by atoms with Gasteiger partial charge >= 0.3 is 0 Å². The summed E-state index contributed by atoms with van der Waals surface area (Å²) in [7, 11) is 0. The lowest BCUT2D eigenvalue weighted by Gasteiger charge is -2.42. The topological polar surface area (TPSA) is 19.4 Å². The highest BCUT2D eigenvalue weighted by atomic mass is 15.3. The molecule has 0 N–H and O–H groups in total. The van der Waals surface area contributed by atoms with Gasteiger partial charge in [0.2, 0.25) is 0 Å². The molecule has 1 aromatic carbocycles. The van der Waals surface area contributed by atoms with Crippen LogP contribution in [0.4, 0.5) is 11.4 Å². The van der Waals surface area contributed by atoms with Gasteiger partial charge in [0.15, 0.2) is 0 Å². The summed E-state index contributed by atoms with van der Waals surface area (Å²) in [6.45, 7) is 4.40. The molecule has 4 rings (SSSR count). The summed E-state index contributed by atoms with van der Waals surface area (Å²) in [6.07, 6.45) is 6.53. The molecule has 0 amide bonds. The van der Waals surface area contributed by atoms with E-state index in [9.17, 15) is 0 Å².